The maximum atomic E-state index is 11.5. The van der Waals surface area contributed by atoms with Crippen LogP contribution in [0.2, 0.25) is 0 Å². The lowest BCUT2D eigenvalue weighted by molar-refractivity contribution is -0.148. The van der Waals surface area contributed by atoms with Crippen molar-refractivity contribution in [1.82, 2.24) is 5.43 Å². The van der Waals surface area contributed by atoms with E-state index >= 15 is 0 Å². The van der Waals surface area contributed by atoms with Gasteiger partial charge in [-0.2, -0.15) is 0 Å². The average molecular weight is 364 g/mol. The molecule has 0 spiro atoms. The van der Waals surface area contributed by atoms with Crippen LogP contribution in [0.1, 0.15) is 44.9 Å². The molecule has 23 heavy (non-hydrogen) atoms. The highest BCUT2D eigenvalue weighted by molar-refractivity contribution is 8.77. The van der Waals surface area contributed by atoms with Crippen molar-refractivity contribution in [2.75, 3.05) is 19.0 Å². The minimum absolute atomic E-state index is 0.0974. The molecule has 1 rings (SSSR count). The van der Waals surface area contributed by atoms with Crippen LogP contribution in [0.5, 0.6) is 0 Å². The first-order chi connectivity index (χ1) is 11.1. The molecule has 0 bridgehead atoms. The van der Waals surface area contributed by atoms with Crippen molar-refractivity contribution in [2.45, 2.75) is 50.2 Å². The van der Waals surface area contributed by atoms with Gasteiger partial charge in [0.05, 0.1) is 6.61 Å². The molecule has 0 aromatic carbocycles. The number of ketones is 1. The quantitative estimate of drug-likeness (QED) is 0.143. The van der Waals surface area contributed by atoms with E-state index in [4.69, 9.17) is 10.6 Å². The summed E-state index contributed by atoms with van der Waals surface area (Å²) in [6.45, 7) is -0.114. The van der Waals surface area contributed by atoms with E-state index in [-0.39, 0.29) is 31.4 Å². The number of esters is 1. The van der Waals surface area contributed by atoms with Gasteiger partial charge in [0, 0.05) is 23.8 Å². The summed E-state index contributed by atoms with van der Waals surface area (Å²) >= 11 is 0. The summed E-state index contributed by atoms with van der Waals surface area (Å²) in [7, 11) is 3.86. The number of unbranched alkanes of at least 4 members (excludes halogenated alkanes) is 1. The largest absolute Gasteiger partial charge is 0.458 e. The van der Waals surface area contributed by atoms with Crippen molar-refractivity contribution in [3.05, 3.63) is 0 Å². The van der Waals surface area contributed by atoms with Gasteiger partial charge >= 0.3 is 12.1 Å². The van der Waals surface area contributed by atoms with E-state index in [2.05, 4.69) is 4.74 Å². The van der Waals surface area contributed by atoms with Crippen molar-refractivity contribution >= 4 is 39.4 Å². The summed E-state index contributed by atoms with van der Waals surface area (Å²) in [5.74, 6) is 5.54. The minimum atomic E-state index is -0.738. The Balaban J connectivity index is 1.93. The Morgan fingerprint density at radius 3 is 2.65 bits per heavy atom. The fourth-order valence-corrected chi connectivity index (χ4v) is 5.01. The fourth-order valence-electron chi connectivity index (χ4n) is 1.99. The summed E-state index contributed by atoms with van der Waals surface area (Å²) in [5, 5.41) is 0.723. The van der Waals surface area contributed by atoms with Crippen LogP contribution in [0.3, 0.4) is 0 Å². The number of rotatable bonds is 11. The van der Waals surface area contributed by atoms with Crippen LogP contribution >= 0.6 is 21.6 Å². The van der Waals surface area contributed by atoms with Gasteiger partial charge in [-0.15, -0.1) is 0 Å². The maximum absolute atomic E-state index is 11.5. The van der Waals surface area contributed by atoms with Gasteiger partial charge in [-0.05, 0) is 25.7 Å². The first kappa shape index (κ1) is 20.1. The molecule has 0 aromatic rings. The summed E-state index contributed by atoms with van der Waals surface area (Å²) in [4.78, 5) is 33.7. The average Bonchev–Trinajstić information content (AvgIpc) is 3.06. The van der Waals surface area contributed by atoms with Crippen LogP contribution in [0.25, 0.3) is 0 Å². The Morgan fingerprint density at radius 1 is 1.13 bits per heavy atom. The number of nitrogens with two attached hydrogens (primary N) is 1. The van der Waals surface area contributed by atoms with Gasteiger partial charge in [0.2, 0.25) is 0 Å². The smallest absolute Gasteiger partial charge is 0.421 e. The van der Waals surface area contributed by atoms with E-state index < -0.39 is 6.09 Å². The number of nitrogens with one attached hydrogen (secondary N) is 1. The van der Waals surface area contributed by atoms with E-state index in [0.29, 0.717) is 12.8 Å². The van der Waals surface area contributed by atoms with Crippen molar-refractivity contribution in [3.8, 4) is 0 Å². The molecule has 1 unspecified atom stereocenters. The number of hydrogen-bond donors (Lipinski definition) is 2. The third-order valence-corrected chi connectivity index (χ3v) is 6.24. The molecular formula is C14H24N2O5S2. The number of hydrogen-bond acceptors (Lipinski definition) is 8. The Hall–Kier alpha value is -0.930. The van der Waals surface area contributed by atoms with Crippen LogP contribution in [0, 0.1) is 0 Å². The lowest BCUT2D eigenvalue weighted by Crippen LogP contribution is -2.31. The highest BCUT2D eigenvalue weighted by atomic mass is 33.1. The number of Topliss-reactive ketones (excluding diaryl/α,β-unsaturated/α-hetero) is 1. The first-order valence-electron chi connectivity index (χ1n) is 7.70. The van der Waals surface area contributed by atoms with Crippen molar-refractivity contribution in [3.63, 3.8) is 0 Å². The number of carbonyl (C=O) groups excluding carboxylic acids is 3. The minimum Gasteiger partial charge on any atom is -0.458 e. The van der Waals surface area contributed by atoms with Gasteiger partial charge in [-0.25, -0.2) is 10.6 Å². The van der Waals surface area contributed by atoms with Crippen molar-refractivity contribution in [1.29, 1.82) is 0 Å². The molecule has 0 aliphatic carbocycles. The fraction of sp³-hybridized carbons (Fsp3) is 0.786. The van der Waals surface area contributed by atoms with E-state index in [1.807, 2.05) is 27.0 Å². The molecule has 7 nitrogen and oxygen atoms in total. The molecule has 1 heterocycles. The van der Waals surface area contributed by atoms with Gasteiger partial charge in [-0.1, -0.05) is 28.0 Å². The zero-order chi connectivity index (χ0) is 16.9. The number of amides is 1. The monoisotopic (exact) mass is 364 g/mol. The lowest BCUT2D eigenvalue weighted by atomic mass is 10.1. The van der Waals surface area contributed by atoms with Gasteiger partial charge in [0.1, 0.15) is 6.61 Å². The van der Waals surface area contributed by atoms with Crippen LogP contribution in [-0.4, -0.2) is 42.1 Å². The second-order valence-corrected chi connectivity index (χ2v) is 7.95. The Kier molecular flexibility index (Phi) is 10.9. The summed E-state index contributed by atoms with van der Waals surface area (Å²) in [6, 6.07) is 0. The molecule has 1 fully saturated rings. The molecule has 1 aliphatic heterocycles. The number of ether oxygens (including phenoxy) is 2. The van der Waals surface area contributed by atoms with E-state index in [0.717, 1.165) is 24.5 Å². The highest BCUT2D eigenvalue weighted by Gasteiger charge is 2.16. The summed E-state index contributed by atoms with van der Waals surface area (Å²) in [5.41, 5.74) is 1.82. The normalized spacial score (nSPS) is 16.8. The zero-order valence-electron chi connectivity index (χ0n) is 13.1. The Morgan fingerprint density at radius 2 is 1.96 bits per heavy atom. The second-order valence-electron chi connectivity index (χ2n) is 5.16. The predicted octanol–water partition coefficient (Wildman–Crippen LogP) is 2.19. The van der Waals surface area contributed by atoms with Crippen molar-refractivity contribution in [2.24, 2.45) is 5.84 Å². The summed E-state index contributed by atoms with van der Waals surface area (Å²) < 4.78 is 9.57. The summed E-state index contributed by atoms with van der Waals surface area (Å²) in [6.07, 6.45) is 4.41. The highest BCUT2D eigenvalue weighted by Crippen LogP contribution is 2.39. The molecule has 1 atom stereocenters. The molecule has 1 saturated heterocycles. The SMILES string of the molecule is NNC(=O)OCCCC(=O)COC(=O)CCCCC1CCSS1. The molecule has 1 aliphatic rings. The van der Waals surface area contributed by atoms with Crippen LogP contribution in [0.4, 0.5) is 4.79 Å². The lowest BCUT2D eigenvalue weighted by Gasteiger charge is -2.07. The maximum Gasteiger partial charge on any atom is 0.421 e. The van der Waals surface area contributed by atoms with Gasteiger partial charge < -0.3 is 9.47 Å². The van der Waals surface area contributed by atoms with E-state index in [1.165, 1.54) is 12.2 Å². The molecule has 0 aromatic heterocycles. The molecule has 0 radical (unpaired) electrons. The number of carbonyl (C=O) groups is 3. The second kappa shape index (κ2) is 12.5. The molecule has 0 saturated carbocycles. The van der Waals surface area contributed by atoms with Crippen LogP contribution in [0.15, 0.2) is 0 Å². The van der Waals surface area contributed by atoms with E-state index in [1.54, 1.807) is 0 Å². The first-order valence-corrected chi connectivity index (χ1v) is 10.1. The van der Waals surface area contributed by atoms with Gasteiger partial charge in [0.25, 0.3) is 0 Å². The molecular weight excluding hydrogens is 340 g/mol. The van der Waals surface area contributed by atoms with Gasteiger partial charge in [0.15, 0.2) is 5.78 Å². The molecule has 1 amide bonds. The van der Waals surface area contributed by atoms with E-state index in [9.17, 15) is 14.4 Å². The van der Waals surface area contributed by atoms with Crippen LogP contribution in [-0.2, 0) is 19.1 Å². The molecule has 3 N–H and O–H groups in total. The Bertz CT molecular complexity index is 389. The molecule has 9 heteroatoms. The molecule has 132 valence electrons. The standard InChI is InChI=1S/C14H24N2O5S2/c15-16-14(19)20-8-3-4-11(17)10-21-13(18)6-2-1-5-12-7-9-22-23-12/h12H,1-10,15H2,(H,16,19). The predicted molar refractivity (Wildman–Crippen MR) is 90.8 cm³/mol. The topological polar surface area (TPSA) is 108 Å². The third-order valence-electron chi connectivity index (χ3n) is 3.23. The zero-order valence-corrected chi connectivity index (χ0v) is 14.7. The third kappa shape index (κ3) is 10.5. The van der Waals surface area contributed by atoms with Gasteiger partial charge in [-0.3, -0.25) is 15.0 Å². The Labute approximate surface area is 144 Å². The van der Waals surface area contributed by atoms with Crippen LogP contribution < -0.4 is 11.3 Å². The number of hydrazine groups is 1. The van der Waals surface area contributed by atoms with Crippen molar-refractivity contribution < 1.29 is 23.9 Å².